The van der Waals surface area contributed by atoms with Gasteiger partial charge in [-0.05, 0) is 40.3 Å². The van der Waals surface area contributed by atoms with Crippen LogP contribution in [0.3, 0.4) is 0 Å². The maximum atomic E-state index is 5.94. The van der Waals surface area contributed by atoms with Gasteiger partial charge in [0, 0.05) is 14.5 Å². The first kappa shape index (κ1) is 10.4. The summed E-state index contributed by atoms with van der Waals surface area (Å²) in [7, 11) is 1.61. The van der Waals surface area contributed by atoms with Gasteiger partial charge in [0.1, 0.15) is 5.75 Å². The zero-order valence-electron chi connectivity index (χ0n) is 6.40. The summed E-state index contributed by atoms with van der Waals surface area (Å²) in [6.07, 6.45) is 0. The molecule has 0 N–H and O–H groups in total. The Bertz CT molecular complexity index is 265. The van der Waals surface area contributed by atoms with E-state index in [1.807, 2.05) is 6.07 Å². The number of methoxy groups -OCH3 is 1. The third-order valence-corrected chi connectivity index (χ3v) is 3.05. The Labute approximate surface area is 95.1 Å². The van der Waals surface area contributed by atoms with E-state index in [0.717, 1.165) is 14.9 Å². The lowest BCUT2D eigenvalue weighted by atomic mass is 10.2. The summed E-state index contributed by atoms with van der Waals surface area (Å²) >= 11 is 13.8. The van der Waals surface area contributed by atoms with Crippen molar-refractivity contribution in [2.45, 2.75) is 5.88 Å². The molecule has 0 radical (unpaired) electrons. The molecule has 0 atom stereocenters. The van der Waals surface area contributed by atoms with Crippen molar-refractivity contribution in [3.05, 3.63) is 26.3 Å². The Kier molecular flexibility index (Phi) is 3.93. The first-order chi connectivity index (χ1) is 5.69. The highest BCUT2D eigenvalue weighted by molar-refractivity contribution is 14.1. The highest BCUT2D eigenvalue weighted by Gasteiger charge is 2.06. The molecule has 0 saturated carbocycles. The molecular weight excluding hydrogens is 310 g/mol. The van der Waals surface area contributed by atoms with Crippen LogP contribution in [0.5, 0.6) is 5.75 Å². The van der Waals surface area contributed by atoms with Crippen molar-refractivity contribution in [2.75, 3.05) is 7.11 Å². The Morgan fingerprint density at radius 1 is 1.50 bits per heavy atom. The first-order valence-electron chi connectivity index (χ1n) is 3.27. The Hall–Kier alpha value is 0.330. The van der Waals surface area contributed by atoms with E-state index in [-0.39, 0.29) is 0 Å². The van der Waals surface area contributed by atoms with Crippen LogP contribution in [0, 0.1) is 3.57 Å². The van der Waals surface area contributed by atoms with Gasteiger partial charge in [-0.25, -0.2) is 0 Å². The minimum absolute atomic E-state index is 0.432. The largest absolute Gasteiger partial charge is 0.497 e. The number of benzene rings is 1. The maximum absolute atomic E-state index is 5.94. The predicted molar refractivity (Wildman–Crippen MR) is 60.3 cm³/mol. The van der Waals surface area contributed by atoms with Crippen LogP contribution in [0.1, 0.15) is 5.56 Å². The van der Waals surface area contributed by atoms with Gasteiger partial charge in [-0.15, -0.1) is 11.6 Å². The summed E-state index contributed by atoms with van der Waals surface area (Å²) in [6, 6.07) is 3.67. The SMILES string of the molecule is COc1cc(Cl)c(CCl)c(I)c1. The summed E-state index contributed by atoms with van der Waals surface area (Å²) in [6.45, 7) is 0. The molecular formula is C8H7Cl2IO. The van der Waals surface area contributed by atoms with Crippen molar-refractivity contribution in [3.63, 3.8) is 0 Å². The lowest BCUT2D eigenvalue weighted by Crippen LogP contribution is -1.89. The summed E-state index contributed by atoms with van der Waals surface area (Å²) < 4.78 is 6.08. The average Bonchev–Trinajstić information content (AvgIpc) is 2.03. The van der Waals surface area contributed by atoms with Crippen molar-refractivity contribution in [1.82, 2.24) is 0 Å². The monoisotopic (exact) mass is 316 g/mol. The smallest absolute Gasteiger partial charge is 0.121 e. The number of hydrogen-bond donors (Lipinski definition) is 0. The number of halogens is 3. The van der Waals surface area contributed by atoms with Crippen molar-refractivity contribution in [2.24, 2.45) is 0 Å². The number of ether oxygens (including phenoxy) is 1. The van der Waals surface area contributed by atoms with Crippen molar-refractivity contribution >= 4 is 45.8 Å². The van der Waals surface area contributed by atoms with E-state index in [4.69, 9.17) is 27.9 Å². The van der Waals surface area contributed by atoms with E-state index >= 15 is 0 Å². The fourth-order valence-corrected chi connectivity index (χ4v) is 2.63. The highest BCUT2D eigenvalue weighted by atomic mass is 127. The average molecular weight is 317 g/mol. The van der Waals surface area contributed by atoms with Crippen LogP contribution in [0.4, 0.5) is 0 Å². The molecule has 0 amide bonds. The molecule has 0 aliphatic heterocycles. The molecule has 0 spiro atoms. The highest BCUT2D eigenvalue weighted by Crippen LogP contribution is 2.28. The van der Waals surface area contributed by atoms with Gasteiger partial charge in [0.2, 0.25) is 0 Å². The molecule has 0 aromatic heterocycles. The number of rotatable bonds is 2. The van der Waals surface area contributed by atoms with Crippen molar-refractivity contribution < 1.29 is 4.74 Å². The lowest BCUT2D eigenvalue weighted by Gasteiger charge is -2.06. The minimum Gasteiger partial charge on any atom is -0.497 e. The van der Waals surface area contributed by atoms with Crippen LogP contribution in [-0.2, 0) is 5.88 Å². The number of hydrogen-bond acceptors (Lipinski definition) is 1. The number of alkyl halides is 1. The summed E-state index contributed by atoms with van der Waals surface area (Å²) in [5.41, 5.74) is 0.958. The Morgan fingerprint density at radius 2 is 2.17 bits per heavy atom. The minimum atomic E-state index is 0.432. The fourth-order valence-electron chi connectivity index (χ4n) is 0.825. The zero-order chi connectivity index (χ0) is 9.14. The van der Waals surface area contributed by atoms with Crippen LogP contribution in [0.15, 0.2) is 12.1 Å². The van der Waals surface area contributed by atoms with Crippen LogP contribution in [0.25, 0.3) is 0 Å². The second-order valence-electron chi connectivity index (χ2n) is 2.20. The molecule has 66 valence electrons. The van der Waals surface area contributed by atoms with Gasteiger partial charge in [-0.1, -0.05) is 11.6 Å². The summed E-state index contributed by atoms with van der Waals surface area (Å²) in [5.74, 6) is 1.19. The summed E-state index contributed by atoms with van der Waals surface area (Å²) in [4.78, 5) is 0. The van der Waals surface area contributed by atoms with Crippen molar-refractivity contribution in [3.8, 4) is 5.75 Å². The first-order valence-corrected chi connectivity index (χ1v) is 5.26. The zero-order valence-corrected chi connectivity index (χ0v) is 10.1. The molecule has 0 aliphatic rings. The van der Waals surface area contributed by atoms with Gasteiger partial charge in [0.15, 0.2) is 0 Å². The van der Waals surface area contributed by atoms with Crippen LogP contribution in [-0.4, -0.2) is 7.11 Å². The molecule has 12 heavy (non-hydrogen) atoms. The van der Waals surface area contributed by atoms with Gasteiger partial charge in [0.05, 0.1) is 7.11 Å². The molecule has 4 heteroatoms. The Balaban J connectivity index is 3.18. The van der Waals surface area contributed by atoms with Gasteiger partial charge in [-0.3, -0.25) is 0 Å². The van der Waals surface area contributed by atoms with E-state index in [2.05, 4.69) is 22.6 Å². The van der Waals surface area contributed by atoms with E-state index in [1.165, 1.54) is 0 Å². The third-order valence-electron chi connectivity index (χ3n) is 1.48. The molecule has 0 unspecified atom stereocenters. The third kappa shape index (κ3) is 2.18. The quantitative estimate of drug-likeness (QED) is 0.597. The molecule has 0 heterocycles. The van der Waals surface area contributed by atoms with E-state index in [0.29, 0.717) is 10.9 Å². The topological polar surface area (TPSA) is 9.23 Å². The molecule has 0 saturated heterocycles. The molecule has 0 fully saturated rings. The molecule has 1 nitrogen and oxygen atoms in total. The van der Waals surface area contributed by atoms with Crippen LogP contribution < -0.4 is 4.74 Å². The van der Waals surface area contributed by atoms with Crippen LogP contribution >= 0.6 is 45.8 Å². The van der Waals surface area contributed by atoms with Gasteiger partial charge in [0.25, 0.3) is 0 Å². The molecule has 1 rings (SSSR count). The van der Waals surface area contributed by atoms with E-state index in [9.17, 15) is 0 Å². The Morgan fingerprint density at radius 3 is 2.58 bits per heavy atom. The van der Waals surface area contributed by atoms with Crippen LogP contribution in [0.2, 0.25) is 5.02 Å². The molecule has 0 aliphatic carbocycles. The van der Waals surface area contributed by atoms with Crippen molar-refractivity contribution in [1.29, 1.82) is 0 Å². The van der Waals surface area contributed by atoms with E-state index < -0.39 is 0 Å². The van der Waals surface area contributed by atoms with Gasteiger partial charge >= 0.3 is 0 Å². The second-order valence-corrected chi connectivity index (χ2v) is 4.04. The van der Waals surface area contributed by atoms with Gasteiger partial charge in [-0.2, -0.15) is 0 Å². The standard InChI is InChI=1S/C8H7Cl2IO/c1-12-5-2-7(10)6(4-9)8(11)3-5/h2-3H,4H2,1H3. The maximum Gasteiger partial charge on any atom is 0.121 e. The summed E-state index contributed by atoms with van der Waals surface area (Å²) in [5, 5.41) is 0.661. The second kappa shape index (κ2) is 4.53. The predicted octanol–water partition coefficient (Wildman–Crippen LogP) is 3.69. The normalized spacial score (nSPS) is 10.0. The fraction of sp³-hybridized carbons (Fsp3) is 0.250. The molecule has 1 aromatic rings. The molecule has 1 aromatic carbocycles. The molecule has 0 bridgehead atoms. The van der Waals surface area contributed by atoms with E-state index in [1.54, 1.807) is 13.2 Å². The lowest BCUT2D eigenvalue weighted by molar-refractivity contribution is 0.414. The van der Waals surface area contributed by atoms with Gasteiger partial charge < -0.3 is 4.74 Å².